The summed E-state index contributed by atoms with van der Waals surface area (Å²) in [5, 5.41) is 0. The van der Waals surface area contributed by atoms with Gasteiger partial charge in [0, 0.05) is 10.3 Å². The van der Waals surface area contributed by atoms with Crippen molar-refractivity contribution < 1.29 is 9.21 Å². The molecule has 0 aliphatic carbocycles. The average molecular weight is 326 g/mol. The number of carbonyl (C=O) groups excluding carboxylic acids is 1. The lowest BCUT2D eigenvalue weighted by Gasteiger charge is -2.07. The lowest BCUT2D eigenvalue weighted by molar-refractivity contribution is 0.0956. The molecule has 16 heavy (non-hydrogen) atoms. The molecule has 2 nitrogen and oxygen atoms in total. The van der Waals surface area contributed by atoms with Crippen molar-refractivity contribution in [3.05, 3.63) is 60.1 Å². The Balaban J connectivity index is 2.03. The van der Waals surface area contributed by atoms with Gasteiger partial charge in [-0.05, 0) is 17.7 Å². The van der Waals surface area contributed by atoms with E-state index in [4.69, 9.17) is 4.42 Å². The first-order valence-corrected chi connectivity index (χ1v) is 6.27. The number of alkyl halides is 1. The van der Waals surface area contributed by atoms with Gasteiger partial charge in [0.2, 0.25) is 0 Å². The van der Waals surface area contributed by atoms with Gasteiger partial charge in [-0.25, -0.2) is 0 Å². The van der Waals surface area contributed by atoms with Crippen molar-refractivity contribution in [1.82, 2.24) is 0 Å². The van der Waals surface area contributed by atoms with Crippen molar-refractivity contribution in [2.45, 2.75) is 10.3 Å². The molecule has 0 amide bonds. The minimum Gasteiger partial charge on any atom is -0.461 e. The van der Waals surface area contributed by atoms with Crippen LogP contribution in [0, 0.1) is 0 Å². The van der Waals surface area contributed by atoms with Crippen LogP contribution in [0.15, 0.2) is 53.1 Å². The average Bonchev–Trinajstić information content (AvgIpc) is 2.83. The first kappa shape index (κ1) is 11.4. The number of hydrogen-bond acceptors (Lipinski definition) is 2. The van der Waals surface area contributed by atoms with Crippen molar-refractivity contribution >= 4 is 28.4 Å². The third-order valence-electron chi connectivity index (χ3n) is 2.32. The van der Waals surface area contributed by atoms with Crippen LogP contribution in [0.25, 0.3) is 0 Å². The number of rotatable bonds is 4. The van der Waals surface area contributed by atoms with Gasteiger partial charge in [0.05, 0.1) is 6.26 Å². The summed E-state index contributed by atoms with van der Waals surface area (Å²) in [6.07, 6.45) is 2.00. The highest BCUT2D eigenvalue weighted by molar-refractivity contribution is 14.1. The van der Waals surface area contributed by atoms with Gasteiger partial charge in [0.1, 0.15) is 0 Å². The second-order valence-electron chi connectivity index (χ2n) is 3.48. The molecule has 0 N–H and O–H groups in total. The van der Waals surface area contributed by atoms with E-state index in [9.17, 15) is 4.79 Å². The second kappa shape index (κ2) is 5.30. The Hall–Kier alpha value is -1.10. The minimum absolute atomic E-state index is 0.0493. The van der Waals surface area contributed by atoms with Crippen molar-refractivity contribution in [3.8, 4) is 0 Å². The summed E-state index contributed by atoms with van der Waals surface area (Å²) < 4.78 is 5.27. The van der Waals surface area contributed by atoms with Gasteiger partial charge < -0.3 is 4.42 Å². The van der Waals surface area contributed by atoms with Crippen molar-refractivity contribution in [1.29, 1.82) is 0 Å². The van der Waals surface area contributed by atoms with Crippen LogP contribution < -0.4 is 0 Å². The van der Waals surface area contributed by atoms with Crippen molar-refractivity contribution in [2.24, 2.45) is 0 Å². The summed E-state index contributed by atoms with van der Waals surface area (Å²) in [5.41, 5.74) is 1.17. The van der Waals surface area contributed by atoms with Crippen LogP contribution in [0.5, 0.6) is 0 Å². The van der Waals surface area contributed by atoms with Crippen molar-refractivity contribution in [3.63, 3.8) is 0 Å². The fourth-order valence-corrected chi connectivity index (χ4v) is 2.30. The monoisotopic (exact) mass is 326 g/mol. The number of furan rings is 1. The number of benzene rings is 1. The van der Waals surface area contributed by atoms with Crippen LogP contribution in [-0.2, 0) is 0 Å². The molecule has 0 bridgehead atoms. The molecule has 0 fully saturated rings. The molecule has 1 heterocycles. The zero-order valence-corrected chi connectivity index (χ0v) is 10.8. The highest BCUT2D eigenvalue weighted by atomic mass is 127. The molecule has 1 aromatic heterocycles. The lowest BCUT2D eigenvalue weighted by atomic mass is 10.1. The molecule has 1 aromatic carbocycles. The predicted octanol–water partition coefficient (Wildman–Crippen LogP) is 4.03. The predicted molar refractivity (Wildman–Crippen MR) is 70.9 cm³/mol. The van der Waals surface area contributed by atoms with Crippen LogP contribution in [-0.4, -0.2) is 5.78 Å². The van der Waals surface area contributed by atoms with E-state index in [2.05, 4.69) is 22.6 Å². The number of ketones is 1. The van der Waals surface area contributed by atoms with E-state index in [0.717, 1.165) is 0 Å². The molecule has 82 valence electrons. The van der Waals surface area contributed by atoms with E-state index >= 15 is 0 Å². The van der Waals surface area contributed by atoms with Gasteiger partial charge in [0.25, 0.3) is 0 Å². The third kappa shape index (κ3) is 2.72. The molecule has 0 saturated heterocycles. The summed E-state index contributed by atoms with van der Waals surface area (Å²) in [4.78, 5) is 11.8. The molecule has 0 aliphatic heterocycles. The summed E-state index contributed by atoms with van der Waals surface area (Å²) in [7, 11) is 0. The minimum atomic E-state index is 0.0493. The fraction of sp³-hybridized carbons (Fsp3) is 0.154. The van der Waals surface area contributed by atoms with Gasteiger partial charge in [0.15, 0.2) is 11.5 Å². The number of carbonyl (C=O) groups is 1. The Morgan fingerprint density at radius 3 is 2.56 bits per heavy atom. The number of hydrogen-bond donors (Lipinski definition) is 0. The second-order valence-corrected chi connectivity index (χ2v) is 4.99. The van der Waals surface area contributed by atoms with E-state index in [0.29, 0.717) is 12.2 Å². The Kier molecular flexibility index (Phi) is 3.77. The van der Waals surface area contributed by atoms with E-state index in [1.807, 2.05) is 30.3 Å². The van der Waals surface area contributed by atoms with Crippen LogP contribution in [0.4, 0.5) is 0 Å². The number of Topliss-reactive ketones (excluding diaryl/α,β-unsaturated/α-hetero) is 1. The molecule has 0 saturated carbocycles. The summed E-state index contributed by atoms with van der Waals surface area (Å²) in [5.74, 6) is 0.492. The van der Waals surface area contributed by atoms with Gasteiger partial charge in [-0.3, -0.25) is 4.79 Å². The Morgan fingerprint density at radius 1 is 1.19 bits per heavy atom. The first-order chi connectivity index (χ1) is 7.77. The van der Waals surface area contributed by atoms with Crippen LogP contribution in [0.2, 0.25) is 0 Å². The van der Waals surface area contributed by atoms with Gasteiger partial charge >= 0.3 is 0 Å². The highest BCUT2D eigenvalue weighted by Gasteiger charge is 2.15. The SMILES string of the molecule is O=C(CC(I)c1ccccc1)c1ccco1. The Labute approximate surface area is 108 Å². The molecule has 0 spiro atoms. The van der Waals surface area contributed by atoms with Crippen LogP contribution in [0.3, 0.4) is 0 Å². The first-order valence-electron chi connectivity index (χ1n) is 5.03. The molecule has 2 rings (SSSR count). The maximum absolute atomic E-state index is 11.8. The zero-order valence-electron chi connectivity index (χ0n) is 8.60. The smallest absolute Gasteiger partial charge is 0.199 e. The molecule has 1 atom stereocenters. The van der Waals surface area contributed by atoms with Crippen molar-refractivity contribution in [2.75, 3.05) is 0 Å². The Bertz CT molecular complexity index is 448. The fourth-order valence-electron chi connectivity index (χ4n) is 1.48. The summed E-state index contributed by atoms with van der Waals surface area (Å²) in [6, 6.07) is 13.5. The van der Waals surface area contributed by atoms with E-state index < -0.39 is 0 Å². The molecular weight excluding hydrogens is 315 g/mol. The lowest BCUT2D eigenvalue weighted by Crippen LogP contribution is -2.01. The van der Waals surface area contributed by atoms with Gasteiger partial charge in [-0.1, -0.05) is 52.9 Å². The highest BCUT2D eigenvalue weighted by Crippen LogP contribution is 2.28. The molecule has 2 aromatic rings. The molecular formula is C13H11IO2. The van der Waals surface area contributed by atoms with Gasteiger partial charge in [-0.15, -0.1) is 0 Å². The largest absolute Gasteiger partial charge is 0.461 e. The topological polar surface area (TPSA) is 30.2 Å². The van der Waals surface area contributed by atoms with Crippen LogP contribution >= 0.6 is 22.6 Å². The normalized spacial score (nSPS) is 12.3. The van der Waals surface area contributed by atoms with Gasteiger partial charge in [-0.2, -0.15) is 0 Å². The summed E-state index contributed by atoms with van der Waals surface area (Å²) >= 11 is 2.29. The maximum Gasteiger partial charge on any atom is 0.199 e. The standard InChI is InChI=1S/C13H11IO2/c14-11(10-5-2-1-3-6-10)9-12(15)13-7-4-8-16-13/h1-8,11H,9H2. The molecule has 0 aliphatic rings. The zero-order chi connectivity index (χ0) is 11.4. The number of halogens is 1. The van der Waals surface area contributed by atoms with E-state index in [1.165, 1.54) is 11.8 Å². The summed E-state index contributed by atoms with van der Waals surface area (Å²) in [6.45, 7) is 0. The molecule has 0 radical (unpaired) electrons. The quantitative estimate of drug-likeness (QED) is 0.482. The molecule has 3 heteroatoms. The maximum atomic E-state index is 11.8. The third-order valence-corrected chi connectivity index (χ3v) is 3.48. The molecule has 1 unspecified atom stereocenters. The van der Waals surface area contributed by atoms with E-state index in [-0.39, 0.29) is 9.71 Å². The Morgan fingerprint density at radius 2 is 1.94 bits per heavy atom. The van der Waals surface area contributed by atoms with E-state index in [1.54, 1.807) is 12.1 Å². The van der Waals surface area contributed by atoms with Crippen LogP contribution in [0.1, 0.15) is 26.5 Å².